The third-order valence-corrected chi connectivity index (χ3v) is 12.8. The molecule has 0 aliphatic carbocycles. The standard InChI is InChI=1S/C9H22OSi2.C6H17PSSi.C3H10Si/c1-6-8-9-11(3)10-12(4,5)7-2;1-9(2,3)5-4-7-6-8;1-4(2)3/h7,11H,2,6,8-9H2,1,3-5H3;7-8H,4-6H2,1-3H3;4H,1-3H3/i;7D;. The van der Waals surface area contributed by atoms with Crippen LogP contribution in [-0.4, -0.2) is 47.2 Å². The van der Waals surface area contributed by atoms with Gasteiger partial charge in [0.15, 0.2) is 17.4 Å². The van der Waals surface area contributed by atoms with Crippen LogP contribution in [0.5, 0.6) is 0 Å². The molecule has 0 bridgehead atoms. The SMILES string of the molecule is C=C[Si](C)(C)O[SiH](C)CCCC.C[SiH](C)C.[2H]P(CS)CC[Si](C)(C)C. The van der Waals surface area contributed by atoms with Gasteiger partial charge in [0.1, 0.15) is 0 Å². The second kappa shape index (κ2) is 18.7. The molecule has 0 aromatic heterocycles. The Kier molecular flexibility index (Phi) is 21.4. The molecule has 2 atom stereocenters. The summed E-state index contributed by atoms with van der Waals surface area (Å²) in [5, 5.41) is 0. The number of thiol groups is 1. The van der Waals surface area contributed by atoms with Gasteiger partial charge in [-0.2, -0.15) is 12.6 Å². The molecular formula is C18H49OPSSi4. The Hall–Kier alpha value is 1.35. The van der Waals surface area contributed by atoms with E-state index < -0.39 is 34.0 Å². The molecule has 7 heteroatoms. The maximum atomic E-state index is 7.51. The first-order valence-electron chi connectivity index (χ1n) is 10.3. The predicted molar refractivity (Wildman–Crippen MR) is 141 cm³/mol. The molecule has 0 N–H and O–H groups in total. The molecule has 0 aromatic rings. The topological polar surface area (TPSA) is 9.23 Å². The number of hydrogen-bond donors (Lipinski definition) is 1. The molecule has 0 aliphatic rings. The van der Waals surface area contributed by atoms with Gasteiger partial charge in [-0.05, 0) is 31.8 Å². The van der Waals surface area contributed by atoms with Gasteiger partial charge in [-0.25, -0.2) is 0 Å². The molecule has 1 nitrogen and oxygen atoms in total. The molecule has 0 heterocycles. The van der Waals surface area contributed by atoms with Gasteiger partial charge in [0, 0.05) is 22.4 Å². The van der Waals surface area contributed by atoms with E-state index in [1.54, 1.807) is 0 Å². The molecule has 0 fully saturated rings. The van der Waals surface area contributed by atoms with Crippen molar-refractivity contribution in [3.8, 4) is 0 Å². The summed E-state index contributed by atoms with van der Waals surface area (Å²) in [6.07, 6.45) is 3.72. The summed E-state index contributed by atoms with van der Waals surface area (Å²) >= 11 is 4.10. The van der Waals surface area contributed by atoms with Crippen LogP contribution in [-0.2, 0) is 4.12 Å². The molecule has 0 aliphatic heterocycles. The van der Waals surface area contributed by atoms with Crippen molar-refractivity contribution in [3.63, 3.8) is 0 Å². The van der Waals surface area contributed by atoms with Gasteiger partial charge in [-0.1, -0.05) is 70.8 Å². The zero-order valence-electron chi connectivity index (χ0n) is 20.0. The van der Waals surface area contributed by atoms with Crippen molar-refractivity contribution in [1.82, 2.24) is 0 Å². The summed E-state index contributed by atoms with van der Waals surface area (Å²) in [7, 11) is -3.84. The zero-order chi connectivity index (χ0) is 21.4. The van der Waals surface area contributed by atoms with E-state index in [9.17, 15) is 0 Å². The van der Waals surface area contributed by atoms with E-state index in [0.717, 1.165) is 11.7 Å². The summed E-state index contributed by atoms with van der Waals surface area (Å²) in [4.78, 5) is 0. The Bertz CT molecular complexity index is 326. The van der Waals surface area contributed by atoms with Crippen LogP contribution in [0.1, 0.15) is 19.8 Å². The average Bonchev–Trinajstić information content (AvgIpc) is 2.49. The highest BCUT2D eigenvalue weighted by atomic mass is 32.1. The second-order valence-electron chi connectivity index (χ2n) is 9.01. The highest BCUT2D eigenvalue weighted by Crippen LogP contribution is 2.18. The molecule has 0 saturated heterocycles. The molecule has 0 rings (SSSR count). The van der Waals surface area contributed by atoms with Crippen molar-refractivity contribution in [2.45, 2.75) is 90.8 Å². The minimum atomic E-state index is -1.46. The first-order valence-corrected chi connectivity index (χ1v) is 24.4. The zero-order valence-corrected chi connectivity index (χ0v) is 25.1. The fourth-order valence-corrected chi connectivity index (χ4v) is 11.5. The van der Waals surface area contributed by atoms with Gasteiger partial charge in [0.05, 0.1) is 1.28 Å². The van der Waals surface area contributed by atoms with Crippen LogP contribution in [0.2, 0.25) is 71.0 Å². The number of unbranched alkanes of at least 4 members (excludes halogenated alkanes) is 1. The van der Waals surface area contributed by atoms with Crippen molar-refractivity contribution in [3.05, 3.63) is 12.3 Å². The lowest BCUT2D eigenvalue weighted by Gasteiger charge is -2.23. The van der Waals surface area contributed by atoms with Crippen LogP contribution in [0.25, 0.3) is 0 Å². The van der Waals surface area contributed by atoms with Crippen LogP contribution in [0.15, 0.2) is 12.3 Å². The van der Waals surface area contributed by atoms with E-state index in [-0.39, 0.29) is 8.80 Å². The summed E-state index contributed by atoms with van der Waals surface area (Å²) in [5.41, 5.74) is 2.81. The fourth-order valence-electron chi connectivity index (χ4n) is 1.60. The van der Waals surface area contributed by atoms with Crippen molar-refractivity contribution in [2.75, 3.05) is 11.7 Å². The molecule has 154 valence electrons. The van der Waals surface area contributed by atoms with Crippen molar-refractivity contribution >= 4 is 55.4 Å². The van der Waals surface area contributed by atoms with Crippen LogP contribution >= 0.6 is 21.2 Å². The Morgan fingerprint density at radius 1 is 1.16 bits per heavy atom. The van der Waals surface area contributed by atoms with E-state index in [0.29, 0.717) is 0 Å². The highest BCUT2D eigenvalue weighted by Gasteiger charge is 2.20. The van der Waals surface area contributed by atoms with Crippen LogP contribution in [0.4, 0.5) is 0 Å². The minimum Gasteiger partial charge on any atom is -0.455 e. The van der Waals surface area contributed by atoms with Gasteiger partial charge >= 0.3 is 0 Å². The quantitative estimate of drug-likeness (QED) is 0.209. The van der Waals surface area contributed by atoms with E-state index in [4.69, 9.17) is 5.39 Å². The normalized spacial score (nSPS) is 14.5. The Labute approximate surface area is 175 Å². The maximum absolute atomic E-state index is 7.51. The fraction of sp³-hybridized carbons (Fsp3) is 0.889. The Balaban J connectivity index is -0.000000341. The smallest absolute Gasteiger partial charge is 0.197 e. The first kappa shape index (κ1) is 28.6. The molecule has 0 spiro atoms. The van der Waals surface area contributed by atoms with E-state index in [1.807, 2.05) is 5.70 Å². The van der Waals surface area contributed by atoms with E-state index in [2.05, 4.69) is 85.1 Å². The maximum Gasteiger partial charge on any atom is 0.197 e. The average molecular weight is 458 g/mol. The minimum absolute atomic E-state index is 0.139. The monoisotopic (exact) mass is 457 g/mol. The summed E-state index contributed by atoms with van der Waals surface area (Å²) in [6.45, 7) is 26.8. The molecule has 2 unspecified atom stereocenters. The highest BCUT2D eigenvalue weighted by molar-refractivity contribution is 7.86. The van der Waals surface area contributed by atoms with Crippen LogP contribution < -0.4 is 0 Å². The third kappa shape index (κ3) is 36.9. The lowest BCUT2D eigenvalue weighted by Crippen LogP contribution is -2.34. The van der Waals surface area contributed by atoms with Gasteiger partial charge in [-0.15, -0.1) is 15.1 Å². The Morgan fingerprint density at radius 3 is 1.96 bits per heavy atom. The first-order chi connectivity index (χ1) is 11.7. The number of rotatable bonds is 10. The Morgan fingerprint density at radius 2 is 1.64 bits per heavy atom. The molecule has 0 aromatic carbocycles. The van der Waals surface area contributed by atoms with Gasteiger partial charge in [0.25, 0.3) is 0 Å². The summed E-state index contributed by atoms with van der Waals surface area (Å²) < 4.78 is 13.6. The summed E-state index contributed by atoms with van der Waals surface area (Å²) in [5.74, 6) is 0. The predicted octanol–water partition coefficient (Wildman–Crippen LogP) is 7.08. The summed E-state index contributed by atoms with van der Waals surface area (Å²) in [6, 6.07) is 2.61. The molecular weight excluding hydrogens is 408 g/mol. The molecule has 0 radical (unpaired) electrons. The van der Waals surface area contributed by atoms with Crippen LogP contribution in [0.3, 0.4) is 0 Å². The lowest BCUT2D eigenvalue weighted by molar-refractivity contribution is 0.574. The van der Waals surface area contributed by atoms with E-state index in [1.165, 1.54) is 24.9 Å². The molecule has 25 heavy (non-hydrogen) atoms. The van der Waals surface area contributed by atoms with E-state index >= 15 is 0 Å². The van der Waals surface area contributed by atoms with Gasteiger partial charge in [0.2, 0.25) is 0 Å². The van der Waals surface area contributed by atoms with Crippen molar-refractivity contribution in [1.29, 1.82) is 1.28 Å². The second-order valence-corrected chi connectivity index (χ2v) is 26.9. The molecule has 0 saturated carbocycles. The molecule has 0 amide bonds. The van der Waals surface area contributed by atoms with Gasteiger partial charge < -0.3 is 4.12 Å². The third-order valence-electron chi connectivity index (χ3n) is 3.08. The van der Waals surface area contributed by atoms with Crippen molar-refractivity contribution < 1.29 is 4.12 Å². The van der Waals surface area contributed by atoms with Crippen molar-refractivity contribution in [2.24, 2.45) is 0 Å². The largest absolute Gasteiger partial charge is 0.455 e. The van der Waals surface area contributed by atoms with Gasteiger partial charge in [-0.3, -0.25) is 0 Å². The van der Waals surface area contributed by atoms with Crippen LogP contribution in [0, 0.1) is 0 Å². The lowest BCUT2D eigenvalue weighted by atomic mass is 10.4. The number of hydrogen-bond acceptors (Lipinski definition) is 2.